The molecule has 1 aromatic heterocycles. The summed E-state index contributed by atoms with van der Waals surface area (Å²) in [6.45, 7) is 10.3. The van der Waals surface area contributed by atoms with Gasteiger partial charge in [-0.05, 0) is 25.0 Å². The maximum Gasteiger partial charge on any atom is 0.253 e. The van der Waals surface area contributed by atoms with Gasteiger partial charge >= 0.3 is 0 Å². The average Bonchev–Trinajstić information content (AvgIpc) is 2.69. The van der Waals surface area contributed by atoms with Crippen LogP contribution in [0.4, 0.5) is 0 Å². The van der Waals surface area contributed by atoms with E-state index in [1.807, 2.05) is 49.4 Å². The molecule has 3 rings (SSSR count). The van der Waals surface area contributed by atoms with Crippen LogP contribution in [-0.4, -0.2) is 54.7 Å². The number of hydrogen-bond donors (Lipinski definition) is 1. The van der Waals surface area contributed by atoms with Gasteiger partial charge in [0.25, 0.3) is 5.91 Å². The monoisotopic (exact) mass is 367 g/mol. The van der Waals surface area contributed by atoms with Crippen molar-refractivity contribution in [1.29, 1.82) is 0 Å². The van der Waals surface area contributed by atoms with Crippen molar-refractivity contribution in [2.45, 2.75) is 26.8 Å². The van der Waals surface area contributed by atoms with E-state index in [1.54, 1.807) is 0 Å². The molecule has 1 atom stereocenters. The second-order valence-corrected chi connectivity index (χ2v) is 7.37. The summed E-state index contributed by atoms with van der Waals surface area (Å²) in [7, 11) is 0. The second-order valence-electron chi connectivity index (χ2n) is 7.37. The molecule has 144 valence electrons. The summed E-state index contributed by atoms with van der Waals surface area (Å²) < 4.78 is 5.45. The molecule has 0 saturated carbocycles. The van der Waals surface area contributed by atoms with Gasteiger partial charge in [-0.2, -0.15) is 0 Å². The third kappa shape index (κ3) is 4.93. The van der Waals surface area contributed by atoms with Gasteiger partial charge in [-0.3, -0.25) is 14.7 Å². The van der Waals surface area contributed by atoms with Crippen LogP contribution in [0.1, 0.15) is 29.9 Å². The Labute approximate surface area is 161 Å². The molecule has 1 aliphatic heterocycles. The highest BCUT2D eigenvalue weighted by Crippen LogP contribution is 2.19. The molecule has 2 aromatic rings. The van der Waals surface area contributed by atoms with Crippen LogP contribution < -0.4 is 5.32 Å². The number of nitrogens with zero attached hydrogens (tertiary/aromatic N) is 2. The van der Waals surface area contributed by atoms with Crippen molar-refractivity contribution in [3.63, 3.8) is 0 Å². The van der Waals surface area contributed by atoms with Crippen LogP contribution in [0.15, 0.2) is 42.5 Å². The van der Waals surface area contributed by atoms with Crippen LogP contribution in [0.2, 0.25) is 0 Å². The maximum absolute atomic E-state index is 12.7. The largest absolute Gasteiger partial charge is 0.379 e. The van der Waals surface area contributed by atoms with Crippen LogP contribution in [0.3, 0.4) is 0 Å². The molecule has 1 fully saturated rings. The Kier molecular flexibility index (Phi) is 6.58. The third-order valence-corrected chi connectivity index (χ3v) is 5.16. The molecule has 0 bridgehead atoms. The van der Waals surface area contributed by atoms with Crippen molar-refractivity contribution in [3.8, 4) is 11.3 Å². The first-order valence-corrected chi connectivity index (χ1v) is 9.69. The van der Waals surface area contributed by atoms with Gasteiger partial charge in [0.15, 0.2) is 0 Å². The lowest BCUT2D eigenvalue weighted by Gasteiger charge is -2.36. The Hall–Kier alpha value is -2.24. The van der Waals surface area contributed by atoms with Gasteiger partial charge in [0.05, 0.1) is 30.2 Å². The van der Waals surface area contributed by atoms with Gasteiger partial charge in [0, 0.05) is 31.2 Å². The van der Waals surface area contributed by atoms with Gasteiger partial charge < -0.3 is 10.1 Å². The quantitative estimate of drug-likeness (QED) is 0.852. The number of benzene rings is 1. The lowest BCUT2D eigenvalue weighted by molar-refractivity contribution is 0.00672. The fourth-order valence-corrected chi connectivity index (χ4v) is 3.56. The van der Waals surface area contributed by atoms with E-state index < -0.39 is 0 Å². The Bertz CT molecular complexity index is 755. The molecule has 1 aliphatic rings. The Morgan fingerprint density at radius 3 is 2.48 bits per heavy atom. The summed E-state index contributed by atoms with van der Waals surface area (Å²) in [5.74, 6) is 0.404. The lowest BCUT2D eigenvalue weighted by Crippen LogP contribution is -2.51. The Balaban J connectivity index is 1.66. The van der Waals surface area contributed by atoms with E-state index in [-0.39, 0.29) is 5.91 Å². The SMILES string of the molecule is Cc1nc(-c2ccccc2)ccc1C(=O)NCC(C(C)C)N1CCOCC1. The summed E-state index contributed by atoms with van der Waals surface area (Å²) in [5, 5.41) is 3.12. The number of amides is 1. The highest BCUT2D eigenvalue weighted by atomic mass is 16.5. The molecule has 1 N–H and O–H groups in total. The summed E-state index contributed by atoms with van der Waals surface area (Å²) >= 11 is 0. The predicted octanol–water partition coefficient (Wildman–Crippen LogP) is 3.14. The van der Waals surface area contributed by atoms with Crippen molar-refractivity contribution < 1.29 is 9.53 Å². The molecular formula is C22H29N3O2. The number of hydrogen-bond acceptors (Lipinski definition) is 4. The van der Waals surface area contributed by atoms with Gasteiger partial charge in [-0.15, -0.1) is 0 Å². The predicted molar refractivity (Wildman–Crippen MR) is 108 cm³/mol. The van der Waals surface area contributed by atoms with Crippen molar-refractivity contribution in [2.24, 2.45) is 5.92 Å². The van der Waals surface area contributed by atoms with Gasteiger partial charge in [-0.1, -0.05) is 44.2 Å². The molecule has 5 nitrogen and oxygen atoms in total. The minimum atomic E-state index is -0.0569. The highest BCUT2D eigenvalue weighted by molar-refractivity contribution is 5.95. The topological polar surface area (TPSA) is 54.5 Å². The minimum absolute atomic E-state index is 0.0569. The van der Waals surface area contributed by atoms with Gasteiger partial charge in [0.2, 0.25) is 0 Å². The van der Waals surface area contributed by atoms with E-state index in [0.29, 0.717) is 24.1 Å². The van der Waals surface area contributed by atoms with Gasteiger partial charge in [0.1, 0.15) is 0 Å². The number of carbonyl (C=O) groups is 1. The average molecular weight is 367 g/mol. The number of pyridine rings is 1. The van der Waals surface area contributed by atoms with Crippen LogP contribution in [-0.2, 0) is 4.74 Å². The maximum atomic E-state index is 12.7. The van der Waals surface area contributed by atoms with Crippen molar-refractivity contribution in [3.05, 3.63) is 53.7 Å². The van der Waals surface area contributed by atoms with Gasteiger partial charge in [-0.25, -0.2) is 0 Å². The van der Waals surface area contributed by atoms with E-state index >= 15 is 0 Å². The summed E-state index contributed by atoms with van der Waals surface area (Å²) in [6.07, 6.45) is 0. The Morgan fingerprint density at radius 2 is 1.85 bits per heavy atom. The van der Waals surface area contributed by atoms with E-state index in [2.05, 4.69) is 29.0 Å². The lowest BCUT2D eigenvalue weighted by atomic mass is 10.0. The smallest absolute Gasteiger partial charge is 0.253 e. The molecule has 0 radical (unpaired) electrons. The summed E-state index contributed by atoms with van der Waals surface area (Å²) in [4.78, 5) is 19.8. The first-order chi connectivity index (χ1) is 13.1. The molecule has 0 aliphatic carbocycles. The number of aromatic nitrogens is 1. The summed E-state index contributed by atoms with van der Waals surface area (Å²) in [5.41, 5.74) is 3.33. The van der Waals surface area contributed by atoms with Crippen molar-refractivity contribution >= 4 is 5.91 Å². The molecule has 1 saturated heterocycles. The third-order valence-electron chi connectivity index (χ3n) is 5.16. The van der Waals surface area contributed by atoms with E-state index in [0.717, 1.165) is 43.3 Å². The molecule has 0 spiro atoms. The first-order valence-electron chi connectivity index (χ1n) is 9.69. The zero-order valence-corrected chi connectivity index (χ0v) is 16.4. The van der Waals surface area contributed by atoms with E-state index in [9.17, 15) is 4.79 Å². The number of ether oxygens (including phenoxy) is 1. The van der Waals surface area contributed by atoms with E-state index in [4.69, 9.17) is 4.74 Å². The number of rotatable bonds is 6. The van der Waals surface area contributed by atoms with Crippen LogP contribution in [0, 0.1) is 12.8 Å². The van der Waals surface area contributed by atoms with E-state index in [1.165, 1.54) is 0 Å². The summed E-state index contributed by atoms with van der Waals surface area (Å²) in [6, 6.07) is 14.1. The standard InChI is InChI=1S/C22H29N3O2/c1-16(2)21(25-11-13-27-14-12-25)15-23-22(26)19-9-10-20(24-17(19)3)18-7-5-4-6-8-18/h4-10,16,21H,11-15H2,1-3H3,(H,23,26). The molecule has 1 unspecified atom stereocenters. The Morgan fingerprint density at radius 1 is 1.15 bits per heavy atom. The van der Waals surface area contributed by atoms with Crippen LogP contribution >= 0.6 is 0 Å². The zero-order chi connectivity index (χ0) is 19.2. The second kappa shape index (κ2) is 9.11. The number of nitrogens with one attached hydrogen (secondary N) is 1. The molecule has 1 aromatic carbocycles. The van der Waals surface area contributed by atoms with Crippen LogP contribution in [0.25, 0.3) is 11.3 Å². The highest BCUT2D eigenvalue weighted by Gasteiger charge is 2.24. The normalized spacial score (nSPS) is 16.3. The zero-order valence-electron chi connectivity index (χ0n) is 16.4. The number of aryl methyl sites for hydroxylation is 1. The molecule has 27 heavy (non-hydrogen) atoms. The van der Waals surface area contributed by atoms with Crippen LogP contribution in [0.5, 0.6) is 0 Å². The van der Waals surface area contributed by atoms with Crippen molar-refractivity contribution in [1.82, 2.24) is 15.2 Å². The first kappa shape index (κ1) is 19.5. The minimum Gasteiger partial charge on any atom is -0.379 e. The fourth-order valence-electron chi connectivity index (χ4n) is 3.56. The fraction of sp³-hybridized carbons (Fsp3) is 0.455. The molecule has 2 heterocycles. The molecular weight excluding hydrogens is 338 g/mol. The van der Waals surface area contributed by atoms with Crippen molar-refractivity contribution in [2.75, 3.05) is 32.8 Å². The molecule has 5 heteroatoms. The molecule has 1 amide bonds. The number of carbonyl (C=O) groups excluding carboxylic acids is 1. The number of morpholine rings is 1.